The van der Waals surface area contributed by atoms with Crippen LogP contribution in [0.5, 0.6) is 0 Å². The minimum Gasteiger partial charge on any atom is -0.467 e. The Morgan fingerprint density at radius 1 is 1.32 bits per heavy atom. The molecule has 0 saturated carbocycles. The van der Waals surface area contributed by atoms with E-state index < -0.39 is 6.10 Å². The van der Waals surface area contributed by atoms with E-state index >= 15 is 0 Å². The number of carbonyl (C=O) groups excluding carboxylic acids is 1. The monoisotopic (exact) mass is 279 g/mol. The van der Waals surface area contributed by atoms with Crippen molar-refractivity contribution in [2.75, 3.05) is 0 Å². The number of aliphatic hydroxyl groups is 1. The molecular weight excluding hydrogens is 266 g/mol. The Bertz CT molecular complexity index is 522. The summed E-state index contributed by atoms with van der Waals surface area (Å²) in [7, 11) is 0. The number of furan rings is 1. The van der Waals surface area contributed by atoms with Crippen molar-refractivity contribution < 1.29 is 14.3 Å². The molecule has 0 fully saturated rings. The largest absolute Gasteiger partial charge is 0.467 e. The summed E-state index contributed by atoms with van der Waals surface area (Å²) in [5, 5.41) is 13.2. The SMILES string of the molecule is O=C(CC(O)c1ccc(Cl)cc1)NCc1ccco1. The van der Waals surface area contributed by atoms with Crippen LogP contribution in [0.4, 0.5) is 0 Å². The Balaban J connectivity index is 1.83. The summed E-state index contributed by atoms with van der Waals surface area (Å²) in [4.78, 5) is 11.7. The van der Waals surface area contributed by atoms with Crippen LogP contribution >= 0.6 is 11.6 Å². The van der Waals surface area contributed by atoms with Crippen LogP contribution < -0.4 is 5.32 Å². The van der Waals surface area contributed by atoms with Gasteiger partial charge >= 0.3 is 0 Å². The van der Waals surface area contributed by atoms with Crippen molar-refractivity contribution in [1.82, 2.24) is 5.32 Å². The quantitative estimate of drug-likeness (QED) is 0.884. The average molecular weight is 280 g/mol. The standard InChI is InChI=1S/C14H14ClNO3/c15-11-5-3-10(4-6-11)13(17)8-14(18)16-9-12-2-1-7-19-12/h1-7,13,17H,8-9H2,(H,16,18). The molecule has 2 rings (SSSR count). The summed E-state index contributed by atoms with van der Waals surface area (Å²) in [5.41, 5.74) is 0.664. The molecule has 0 aliphatic heterocycles. The maximum absolute atomic E-state index is 11.7. The van der Waals surface area contributed by atoms with E-state index in [-0.39, 0.29) is 12.3 Å². The van der Waals surface area contributed by atoms with Crippen molar-refractivity contribution in [3.05, 3.63) is 59.0 Å². The molecule has 1 heterocycles. The topological polar surface area (TPSA) is 62.5 Å². The zero-order valence-electron chi connectivity index (χ0n) is 10.2. The molecule has 0 saturated heterocycles. The fraction of sp³-hybridized carbons (Fsp3) is 0.214. The lowest BCUT2D eigenvalue weighted by atomic mass is 10.1. The van der Waals surface area contributed by atoms with Crippen molar-refractivity contribution in [1.29, 1.82) is 0 Å². The van der Waals surface area contributed by atoms with Gasteiger partial charge in [-0.05, 0) is 29.8 Å². The molecule has 5 heteroatoms. The molecule has 0 aliphatic carbocycles. The van der Waals surface area contributed by atoms with Crippen molar-refractivity contribution in [3.63, 3.8) is 0 Å². The zero-order chi connectivity index (χ0) is 13.7. The van der Waals surface area contributed by atoms with Gasteiger partial charge in [0, 0.05) is 5.02 Å². The Kier molecular flexibility index (Phi) is 4.60. The van der Waals surface area contributed by atoms with Gasteiger partial charge in [-0.1, -0.05) is 23.7 Å². The second kappa shape index (κ2) is 6.41. The van der Waals surface area contributed by atoms with Crippen LogP contribution in [-0.4, -0.2) is 11.0 Å². The van der Waals surface area contributed by atoms with E-state index in [4.69, 9.17) is 16.0 Å². The maximum Gasteiger partial charge on any atom is 0.223 e. The number of hydrogen-bond acceptors (Lipinski definition) is 3. The number of nitrogens with one attached hydrogen (secondary N) is 1. The van der Waals surface area contributed by atoms with E-state index in [1.165, 1.54) is 0 Å². The van der Waals surface area contributed by atoms with Gasteiger partial charge in [0.2, 0.25) is 5.91 Å². The third kappa shape index (κ3) is 4.12. The van der Waals surface area contributed by atoms with Gasteiger partial charge in [0.05, 0.1) is 25.3 Å². The van der Waals surface area contributed by atoms with Crippen LogP contribution in [0.25, 0.3) is 0 Å². The van der Waals surface area contributed by atoms with Crippen molar-refractivity contribution in [2.24, 2.45) is 0 Å². The number of halogens is 1. The number of carbonyl (C=O) groups is 1. The van der Waals surface area contributed by atoms with Gasteiger partial charge in [0.1, 0.15) is 5.76 Å². The maximum atomic E-state index is 11.7. The second-order valence-electron chi connectivity index (χ2n) is 4.13. The summed E-state index contributed by atoms with van der Waals surface area (Å²) < 4.78 is 5.09. The zero-order valence-corrected chi connectivity index (χ0v) is 10.9. The Morgan fingerprint density at radius 2 is 2.05 bits per heavy atom. The van der Waals surface area contributed by atoms with Crippen LogP contribution in [0, 0.1) is 0 Å². The summed E-state index contributed by atoms with van der Waals surface area (Å²) >= 11 is 5.76. The van der Waals surface area contributed by atoms with Crippen molar-refractivity contribution in [2.45, 2.75) is 19.1 Å². The van der Waals surface area contributed by atoms with E-state index in [9.17, 15) is 9.90 Å². The first-order chi connectivity index (χ1) is 9.15. The Hall–Kier alpha value is -1.78. The van der Waals surface area contributed by atoms with Gasteiger partial charge in [-0.15, -0.1) is 0 Å². The predicted octanol–water partition coefficient (Wildman–Crippen LogP) is 2.67. The van der Waals surface area contributed by atoms with Crippen molar-refractivity contribution >= 4 is 17.5 Å². The number of hydrogen-bond donors (Lipinski definition) is 2. The van der Waals surface area contributed by atoms with Crippen LogP contribution in [0.1, 0.15) is 23.8 Å². The van der Waals surface area contributed by atoms with E-state index in [0.29, 0.717) is 22.9 Å². The summed E-state index contributed by atoms with van der Waals surface area (Å²) in [6.45, 7) is 0.319. The normalized spacial score (nSPS) is 12.1. The smallest absolute Gasteiger partial charge is 0.223 e. The fourth-order valence-electron chi connectivity index (χ4n) is 1.65. The lowest BCUT2D eigenvalue weighted by molar-refractivity contribution is -0.123. The number of rotatable bonds is 5. The van der Waals surface area contributed by atoms with Gasteiger partial charge in [0.15, 0.2) is 0 Å². The number of aliphatic hydroxyl groups excluding tert-OH is 1. The van der Waals surface area contributed by atoms with Gasteiger partial charge < -0.3 is 14.8 Å². The second-order valence-corrected chi connectivity index (χ2v) is 4.56. The average Bonchev–Trinajstić information content (AvgIpc) is 2.90. The molecule has 1 amide bonds. The highest BCUT2D eigenvalue weighted by Crippen LogP contribution is 2.19. The summed E-state index contributed by atoms with van der Waals surface area (Å²) in [5.74, 6) is 0.438. The highest BCUT2D eigenvalue weighted by Gasteiger charge is 2.13. The molecule has 0 spiro atoms. The first-order valence-corrected chi connectivity index (χ1v) is 6.25. The molecule has 4 nitrogen and oxygen atoms in total. The predicted molar refractivity (Wildman–Crippen MR) is 71.6 cm³/mol. The highest BCUT2D eigenvalue weighted by molar-refractivity contribution is 6.30. The molecule has 19 heavy (non-hydrogen) atoms. The van der Waals surface area contributed by atoms with E-state index in [1.54, 1.807) is 42.7 Å². The lowest BCUT2D eigenvalue weighted by Crippen LogP contribution is -2.24. The molecular formula is C14H14ClNO3. The van der Waals surface area contributed by atoms with Gasteiger partial charge in [0.25, 0.3) is 0 Å². The Morgan fingerprint density at radius 3 is 2.68 bits per heavy atom. The Labute approximate surface area is 116 Å². The van der Waals surface area contributed by atoms with E-state index in [1.807, 2.05) is 0 Å². The van der Waals surface area contributed by atoms with Crippen LogP contribution in [-0.2, 0) is 11.3 Å². The minimum absolute atomic E-state index is 0.00232. The van der Waals surface area contributed by atoms with Crippen molar-refractivity contribution in [3.8, 4) is 0 Å². The number of amides is 1. The molecule has 1 aromatic carbocycles. The first-order valence-electron chi connectivity index (χ1n) is 5.88. The molecule has 0 aliphatic rings. The lowest BCUT2D eigenvalue weighted by Gasteiger charge is -2.10. The molecule has 100 valence electrons. The molecule has 0 radical (unpaired) electrons. The molecule has 1 aromatic heterocycles. The van der Waals surface area contributed by atoms with Crippen LogP contribution in [0.2, 0.25) is 5.02 Å². The van der Waals surface area contributed by atoms with E-state index in [0.717, 1.165) is 0 Å². The number of benzene rings is 1. The molecule has 0 bridgehead atoms. The van der Waals surface area contributed by atoms with Crippen LogP contribution in [0.15, 0.2) is 47.1 Å². The molecule has 2 N–H and O–H groups in total. The first kappa shape index (κ1) is 13.6. The minimum atomic E-state index is -0.839. The molecule has 2 aromatic rings. The van der Waals surface area contributed by atoms with Gasteiger partial charge in [-0.3, -0.25) is 4.79 Å². The third-order valence-corrected chi connectivity index (χ3v) is 2.93. The summed E-state index contributed by atoms with van der Waals surface area (Å²) in [6.07, 6.45) is 0.709. The third-order valence-electron chi connectivity index (χ3n) is 2.67. The van der Waals surface area contributed by atoms with Gasteiger partial charge in [-0.25, -0.2) is 0 Å². The van der Waals surface area contributed by atoms with Gasteiger partial charge in [-0.2, -0.15) is 0 Å². The molecule has 1 atom stereocenters. The molecule has 1 unspecified atom stereocenters. The summed E-state index contributed by atoms with van der Waals surface area (Å²) in [6, 6.07) is 10.3. The fourth-order valence-corrected chi connectivity index (χ4v) is 1.78. The van der Waals surface area contributed by atoms with E-state index in [2.05, 4.69) is 5.32 Å². The highest BCUT2D eigenvalue weighted by atomic mass is 35.5. The van der Waals surface area contributed by atoms with Crippen LogP contribution in [0.3, 0.4) is 0 Å².